The second-order valence-corrected chi connectivity index (χ2v) is 3.76. The molecule has 0 bridgehead atoms. The zero-order valence-electron chi connectivity index (χ0n) is 8.15. The Balaban J connectivity index is 2.72. The Labute approximate surface area is 95.2 Å². The van der Waals surface area contributed by atoms with E-state index < -0.39 is 17.7 Å². The molecule has 1 N–H and O–H groups in total. The van der Waals surface area contributed by atoms with Crippen molar-refractivity contribution in [2.75, 3.05) is 11.9 Å². The number of carboxylic acids is 1. The molecule has 0 saturated heterocycles. The van der Waals surface area contributed by atoms with Gasteiger partial charge in [-0.25, -0.2) is 4.79 Å². The van der Waals surface area contributed by atoms with Crippen molar-refractivity contribution in [2.24, 2.45) is 0 Å². The van der Waals surface area contributed by atoms with Gasteiger partial charge in [0.25, 0.3) is 11.7 Å². The molecule has 0 spiro atoms. The molecule has 6 heteroatoms. The summed E-state index contributed by atoms with van der Waals surface area (Å²) in [6.45, 7) is 0. The second-order valence-electron chi connectivity index (χ2n) is 3.35. The van der Waals surface area contributed by atoms with Gasteiger partial charge in [0.2, 0.25) is 0 Å². The van der Waals surface area contributed by atoms with E-state index in [-0.39, 0.29) is 21.8 Å². The van der Waals surface area contributed by atoms with Gasteiger partial charge in [0, 0.05) is 7.05 Å². The minimum atomic E-state index is -1.19. The van der Waals surface area contributed by atoms with E-state index in [0.717, 1.165) is 11.0 Å². The number of hydrogen-bond acceptors (Lipinski definition) is 3. The molecule has 0 unspecified atom stereocenters. The topological polar surface area (TPSA) is 74.7 Å². The molecule has 0 radical (unpaired) electrons. The molecule has 1 heterocycles. The van der Waals surface area contributed by atoms with Crippen molar-refractivity contribution in [2.45, 2.75) is 0 Å². The summed E-state index contributed by atoms with van der Waals surface area (Å²) in [5.41, 5.74) is 0.194. The predicted molar refractivity (Wildman–Crippen MR) is 56.2 cm³/mol. The van der Waals surface area contributed by atoms with E-state index in [1.54, 1.807) is 0 Å². The molecule has 0 atom stereocenters. The Bertz CT molecular complexity index is 538. The third-order valence-electron chi connectivity index (χ3n) is 2.39. The van der Waals surface area contributed by atoms with E-state index in [1.165, 1.54) is 13.1 Å². The summed E-state index contributed by atoms with van der Waals surface area (Å²) < 4.78 is 0. The number of hydrogen-bond donors (Lipinski definition) is 1. The monoisotopic (exact) mass is 239 g/mol. The summed E-state index contributed by atoms with van der Waals surface area (Å²) in [6, 6.07) is 2.37. The van der Waals surface area contributed by atoms with Crippen LogP contribution in [-0.2, 0) is 4.79 Å². The fraction of sp³-hybridized carbons (Fsp3) is 0.100. The Hall–Kier alpha value is -1.88. The van der Waals surface area contributed by atoms with Gasteiger partial charge in [-0.05, 0) is 12.1 Å². The molecular formula is C10H6ClNO4. The molecule has 0 aromatic heterocycles. The Morgan fingerprint density at radius 2 is 2.00 bits per heavy atom. The van der Waals surface area contributed by atoms with Crippen LogP contribution in [-0.4, -0.2) is 29.8 Å². The molecule has 16 heavy (non-hydrogen) atoms. The zero-order valence-corrected chi connectivity index (χ0v) is 8.91. The van der Waals surface area contributed by atoms with Gasteiger partial charge < -0.3 is 10.0 Å². The van der Waals surface area contributed by atoms with Crippen LogP contribution in [0.5, 0.6) is 0 Å². The van der Waals surface area contributed by atoms with Crippen molar-refractivity contribution < 1.29 is 19.5 Å². The number of carbonyl (C=O) groups excluding carboxylic acids is 2. The normalized spacial score (nSPS) is 14.2. The lowest BCUT2D eigenvalue weighted by Gasteiger charge is -2.10. The summed E-state index contributed by atoms with van der Waals surface area (Å²) >= 11 is 5.83. The fourth-order valence-electron chi connectivity index (χ4n) is 1.61. The third-order valence-corrected chi connectivity index (χ3v) is 2.68. The molecule has 1 aliphatic rings. The number of benzene rings is 1. The van der Waals surface area contributed by atoms with Gasteiger partial charge in [0.1, 0.15) is 0 Å². The minimum Gasteiger partial charge on any atom is -0.478 e. The SMILES string of the molecule is CN1C(=O)C(=O)c2cc(C(=O)O)cc(Cl)c21. The zero-order chi connectivity index (χ0) is 12.0. The Morgan fingerprint density at radius 1 is 1.38 bits per heavy atom. The summed E-state index contributed by atoms with van der Waals surface area (Å²) in [6.07, 6.45) is 0. The van der Waals surface area contributed by atoms with Gasteiger partial charge in [0.05, 0.1) is 21.8 Å². The number of aromatic carboxylic acids is 1. The molecule has 1 amide bonds. The maximum atomic E-state index is 11.5. The first-order valence-electron chi connectivity index (χ1n) is 4.32. The first-order chi connectivity index (χ1) is 7.43. The van der Waals surface area contributed by atoms with Crippen molar-refractivity contribution in [3.63, 3.8) is 0 Å². The summed E-state index contributed by atoms with van der Waals surface area (Å²) in [4.78, 5) is 34.7. The number of likely N-dealkylation sites (N-methyl/N-ethyl adjacent to an activating group) is 1. The maximum absolute atomic E-state index is 11.5. The van der Waals surface area contributed by atoms with E-state index in [1.807, 2.05) is 0 Å². The van der Waals surface area contributed by atoms with Crippen LogP contribution in [0.4, 0.5) is 5.69 Å². The number of rotatable bonds is 1. The van der Waals surface area contributed by atoms with Crippen LogP contribution in [0.1, 0.15) is 20.7 Å². The van der Waals surface area contributed by atoms with Gasteiger partial charge in [0.15, 0.2) is 0 Å². The van der Waals surface area contributed by atoms with Gasteiger partial charge >= 0.3 is 5.97 Å². The van der Waals surface area contributed by atoms with E-state index in [0.29, 0.717) is 0 Å². The highest BCUT2D eigenvalue weighted by Crippen LogP contribution is 2.35. The van der Waals surface area contributed by atoms with Gasteiger partial charge in [-0.1, -0.05) is 11.6 Å². The van der Waals surface area contributed by atoms with Crippen molar-refractivity contribution in [1.29, 1.82) is 0 Å². The number of fused-ring (bicyclic) bond motifs is 1. The average molecular weight is 240 g/mol. The maximum Gasteiger partial charge on any atom is 0.335 e. The lowest BCUT2D eigenvalue weighted by Crippen LogP contribution is -2.24. The average Bonchev–Trinajstić information content (AvgIpc) is 2.44. The lowest BCUT2D eigenvalue weighted by molar-refractivity contribution is -0.114. The largest absolute Gasteiger partial charge is 0.478 e. The van der Waals surface area contributed by atoms with Crippen molar-refractivity contribution in [1.82, 2.24) is 0 Å². The quantitative estimate of drug-likeness (QED) is 0.747. The second kappa shape index (κ2) is 3.31. The Morgan fingerprint density at radius 3 is 2.56 bits per heavy atom. The van der Waals surface area contributed by atoms with Crippen molar-refractivity contribution in [3.8, 4) is 0 Å². The number of carbonyl (C=O) groups is 3. The van der Waals surface area contributed by atoms with Crippen LogP contribution in [0.15, 0.2) is 12.1 Å². The smallest absolute Gasteiger partial charge is 0.335 e. The standard InChI is InChI=1S/C10H6ClNO4/c1-12-7-5(8(13)9(12)14)2-4(10(15)16)3-6(7)11/h2-3H,1H3,(H,15,16). The highest BCUT2D eigenvalue weighted by molar-refractivity contribution is 6.54. The van der Waals surface area contributed by atoms with Crippen LogP contribution < -0.4 is 4.90 Å². The van der Waals surface area contributed by atoms with Gasteiger partial charge in [-0.3, -0.25) is 9.59 Å². The third kappa shape index (κ3) is 1.29. The van der Waals surface area contributed by atoms with Crippen LogP contribution >= 0.6 is 11.6 Å². The fourth-order valence-corrected chi connectivity index (χ4v) is 1.95. The minimum absolute atomic E-state index is 0.0393. The van der Waals surface area contributed by atoms with E-state index in [4.69, 9.17) is 16.7 Å². The number of nitrogens with zero attached hydrogens (tertiary/aromatic N) is 1. The van der Waals surface area contributed by atoms with E-state index in [2.05, 4.69) is 0 Å². The first kappa shape index (κ1) is 10.6. The molecule has 1 aromatic carbocycles. The summed E-state index contributed by atoms with van der Waals surface area (Å²) in [5, 5.41) is 8.87. The van der Waals surface area contributed by atoms with Gasteiger partial charge in [-0.15, -0.1) is 0 Å². The molecule has 82 valence electrons. The summed E-state index contributed by atoms with van der Waals surface area (Å²) in [5.74, 6) is -2.64. The molecule has 0 saturated carbocycles. The molecule has 0 fully saturated rings. The molecule has 5 nitrogen and oxygen atoms in total. The molecular weight excluding hydrogens is 234 g/mol. The van der Waals surface area contributed by atoms with E-state index >= 15 is 0 Å². The summed E-state index contributed by atoms with van der Waals surface area (Å²) in [7, 11) is 1.42. The first-order valence-corrected chi connectivity index (χ1v) is 4.70. The van der Waals surface area contributed by atoms with Crippen LogP contribution in [0.3, 0.4) is 0 Å². The number of carboxylic acid groups (broad SMARTS) is 1. The van der Waals surface area contributed by atoms with Crippen LogP contribution in [0.25, 0.3) is 0 Å². The van der Waals surface area contributed by atoms with Crippen molar-refractivity contribution >= 4 is 34.9 Å². The lowest BCUT2D eigenvalue weighted by atomic mass is 10.1. The highest BCUT2D eigenvalue weighted by atomic mass is 35.5. The number of Topliss-reactive ketones (excluding diaryl/α,β-unsaturated/α-hetero) is 1. The molecule has 0 aliphatic carbocycles. The van der Waals surface area contributed by atoms with Crippen LogP contribution in [0, 0.1) is 0 Å². The molecule has 1 aliphatic heterocycles. The van der Waals surface area contributed by atoms with E-state index in [9.17, 15) is 14.4 Å². The molecule has 2 rings (SSSR count). The number of anilines is 1. The number of halogens is 1. The number of ketones is 1. The van der Waals surface area contributed by atoms with Crippen molar-refractivity contribution in [3.05, 3.63) is 28.3 Å². The predicted octanol–water partition coefficient (Wildman–Crippen LogP) is 1.20. The molecule has 1 aromatic rings. The highest BCUT2D eigenvalue weighted by Gasteiger charge is 2.35. The van der Waals surface area contributed by atoms with Gasteiger partial charge in [-0.2, -0.15) is 0 Å². The Kier molecular flexibility index (Phi) is 2.20. The number of amides is 1. The van der Waals surface area contributed by atoms with Crippen LogP contribution in [0.2, 0.25) is 5.02 Å².